The van der Waals surface area contributed by atoms with Gasteiger partial charge in [-0.1, -0.05) is 105 Å². The van der Waals surface area contributed by atoms with Crippen LogP contribution in [0.4, 0.5) is 0 Å². The molecule has 0 N–H and O–H groups in total. The molecule has 0 heterocycles. The summed E-state index contributed by atoms with van der Waals surface area (Å²) in [6.07, 6.45) is 14.2. The molecule has 4 unspecified atom stereocenters. The molecule has 6 heteroatoms. The maximum absolute atomic E-state index is 5.87. The van der Waals surface area contributed by atoms with Crippen molar-refractivity contribution in [2.45, 2.75) is 135 Å². The molecule has 2 aliphatic carbocycles. The number of ether oxygens (including phenoxy) is 1. The first kappa shape index (κ1) is 29.5. The summed E-state index contributed by atoms with van der Waals surface area (Å²) in [6, 6.07) is 1.41. The van der Waals surface area contributed by atoms with Crippen molar-refractivity contribution in [2.24, 2.45) is 11.8 Å². The van der Waals surface area contributed by atoms with E-state index in [4.69, 9.17) is 28.3 Å². The predicted octanol–water partition coefficient (Wildman–Crippen LogP) is 9.46. The molecule has 0 aliphatic heterocycles. The fraction of sp³-hybridized carbons (Fsp3) is 1.00. The van der Waals surface area contributed by atoms with Crippen molar-refractivity contribution in [1.29, 1.82) is 0 Å². The normalized spacial score (nSPS) is 26.4. The van der Waals surface area contributed by atoms with Gasteiger partial charge in [0.1, 0.15) is 0 Å². The van der Waals surface area contributed by atoms with Crippen LogP contribution >= 0.6 is 18.6 Å². The van der Waals surface area contributed by atoms with Gasteiger partial charge in [-0.25, -0.2) is 0 Å². The third kappa shape index (κ3) is 11.5. The summed E-state index contributed by atoms with van der Waals surface area (Å²) < 4.78 is 5.87. The Labute approximate surface area is 206 Å². The molecule has 2 fully saturated rings. The van der Waals surface area contributed by atoms with Crippen molar-refractivity contribution in [3.8, 4) is 0 Å². The third-order valence-corrected chi connectivity index (χ3v) is 11.7. The molecule has 2 rings (SSSR count). The Balaban J connectivity index is 0.00000141. The summed E-state index contributed by atoms with van der Waals surface area (Å²) in [7, 11) is 8.21. The Bertz CT molecular complexity index is 469. The molecule has 0 spiro atoms. The van der Waals surface area contributed by atoms with Gasteiger partial charge in [0, 0.05) is 6.61 Å². The van der Waals surface area contributed by atoms with E-state index < -0.39 is 25.3 Å². The number of rotatable bonds is 9. The van der Waals surface area contributed by atoms with Crippen LogP contribution in [0.1, 0.15) is 106 Å². The SMILES string of the molecule is CC(C)(C)[N-][Si](C)(CCCCCCOC(C)(C)C)C1CCC2CCCCC21.[Cl][Ti][Cl]. The van der Waals surface area contributed by atoms with E-state index in [2.05, 4.69) is 48.1 Å². The molecule has 0 amide bonds. The second-order valence-electron chi connectivity index (χ2n) is 11.7. The number of hydrogen-bond donors (Lipinski definition) is 0. The molecular weight excluding hydrogens is 465 g/mol. The van der Waals surface area contributed by atoms with E-state index in [9.17, 15) is 0 Å². The van der Waals surface area contributed by atoms with Crippen molar-refractivity contribution in [3.63, 3.8) is 0 Å². The van der Waals surface area contributed by atoms with Crippen LogP contribution in [-0.2, 0) is 21.8 Å². The fourth-order valence-electron chi connectivity index (χ4n) is 5.91. The van der Waals surface area contributed by atoms with E-state index in [1.807, 2.05) is 0 Å². The molecule has 178 valence electrons. The molecule has 2 aliphatic rings. The van der Waals surface area contributed by atoms with E-state index in [1.54, 1.807) is 0 Å². The van der Waals surface area contributed by atoms with Gasteiger partial charge in [-0.3, -0.25) is 0 Å². The molecule has 0 aromatic rings. The minimum atomic E-state index is -1.56. The predicted molar refractivity (Wildman–Crippen MR) is 134 cm³/mol. The zero-order valence-electron chi connectivity index (χ0n) is 20.8. The van der Waals surface area contributed by atoms with E-state index in [1.165, 1.54) is 70.3 Å². The van der Waals surface area contributed by atoms with Gasteiger partial charge >= 0.3 is 35.6 Å². The number of hydrogen-bond acceptors (Lipinski definition) is 1. The van der Waals surface area contributed by atoms with Crippen LogP contribution in [0.5, 0.6) is 0 Å². The number of halogens is 2. The second kappa shape index (κ2) is 14.0. The monoisotopic (exact) mass is 512 g/mol. The fourth-order valence-corrected chi connectivity index (χ4v) is 11.2. The Morgan fingerprint density at radius 2 is 1.50 bits per heavy atom. The molecule has 2 saturated carbocycles. The first-order chi connectivity index (χ1) is 13.9. The van der Waals surface area contributed by atoms with Crippen LogP contribution < -0.4 is 0 Å². The average Bonchev–Trinajstić information content (AvgIpc) is 3.04. The molecule has 30 heavy (non-hydrogen) atoms. The summed E-state index contributed by atoms with van der Waals surface area (Å²) in [5.41, 5.74) is 1.11. The second-order valence-corrected chi connectivity index (χ2v) is 18.5. The van der Waals surface area contributed by atoms with E-state index in [0.717, 1.165) is 24.0 Å². The van der Waals surface area contributed by atoms with Crippen LogP contribution in [0.25, 0.3) is 4.98 Å². The van der Waals surface area contributed by atoms with Crippen molar-refractivity contribution < 1.29 is 21.8 Å². The van der Waals surface area contributed by atoms with Crippen LogP contribution in [0.2, 0.25) is 18.1 Å². The molecule has 0 bridgehead atoms. The molecule has 0 saturated heterocycles. The van der Waals surface area contributed by atoms with Crippen molar-refractivity contribution in [3.05, 3.63) is 4.98 Å². The molecule has 0 radical (unpaired) electrons. The van der Waals surface area contributed by atoms with E-state index in [0.29, 0.717) is 0 Å². The average molecular weight is 514 g/mol. The first-order valence-corrected chi connectivity index (χ1v) is 19.3. The van der Waals surface area contributed by atoms with Gasteiger partial charge in [0.05, 0.1) is 5.60 Å². The molecule has 0 aromatic heterocycles. The van der Waals surface area contributed by atoms with Gasteiger partial charge < -0.3 is 9.72 Å². The molecule has 4 atom stereocenters. The molecule has 0 aromatic carbocycles. The third-order valence-electron chi connectivity index (χ3n) is 6.84. The maximum atomic E-state index is 5.87. The Morgan fingerprint density at radius 1 is 0.900 bits per heavy atom. The summed E-state index contributed by atoms with van der Waals surface area (Å²) in [5.74, 6) is 2.06. The van der Waals surface area contributed by atoms with Crippen LogP contribution in [-0.4, -0.2) is 26.0 Å². The summed E-state index contributed by atoms with van der Waals surface area (Å²) in [4.78, 5) is 5.59. The van der Waals surface area contributed by atoms with Gasteiger partial charge in [-0.2, -0.15) is 0 Å². The van der Waals surface area contributed by atoms with Gasteiger partial charge in [-0.05, 0) is 39.0 Å². The number of nitrogens with zero attached hydrogens (tertiary/aromatic N) is 1. The van der Waals surface area contributed by atoms with Gasteiger partial charge in [0.2, 0.25) is 0 Å². The van der Waals surface area contributed by atoms with E-state index in [-0.39, 0.29) is 11.1 Å². The Morgan fingerprint density at radius 3 is 2.10 bits per heavy atom. The summed E-state index contributed by atoms with van der Waals surface area (Å²) in [6.45, 7) is 17.0. The van der Waals surface area contributed by atoms with Crippen LogP contribution in [0, 0.1) is 11.8 Å². The van der Waals surface area contributed by atoms with Crippen molar-refractivity contribution in [1.82, 2.24) is 0 Å². The summed E-state index contributed by atoms with van der Waals surface area (Å²) >= 11 is -0.556. The van der Waals surface area contributed by atoms with Gasteiger partial charge in [-0.15, -0.1) is 5.54 Å². The van der Waals surface area contributed by atoms with Crippen LogP contribution in [0.3, 0.4) is 0 Å². The van der Waals surface area contributed by atoms with Gasteiger partial charge in [0.15, 0.2) is 0 Å². The molecule has 2 nitrogen and oxygen atoms in total. The van der Waals surface area contributed by atoms with Crippen molar-refractivity contribution in [2.75, 3.05) is 6.61 Å². The van der Waals surface area contributed by atoms with Gasteiger partial charge in [0.25, 0.3) is 0 Å². The first-order valence-electron chi connectivity index (χ1n) is 12.3. The quantitative estimate of drug-likeness (QED) is 0.222. The Kier molecular flexibility index (Phi) is 13.7. The topological polar surface area (TPSA) is 23.3 Å². The number of unbranched alkanes of at least 4 members (excludes halogenated alkanes) is 3. The number of fused-ring (bicyclic) bond motifs is 1. The van der Waals surface area contributed by atoms with Crippen molar-refractivity contribution >= 4 is 26.8 Å². The molecular formula is C24H48Cl2NOSiTi-. The summed E-state index contributed by atoms with van der Waals surface area (Å²) in [5, 5.41) is 0. The zero-order chi connectivity index (χ0) is 22.8. The van der Waals surface area contributed by atoms with E-state index >= 15 is 0 Å². The standard InChI is InChI=1S/C24H48NOSi.2ClH.Ti/c1-23(2,3)25-27(7,19-13-9-8-12-18-26-24(4,5)6)22-17-16-20-14-10-11-15-21(20)22;;;/h20-22H,8-19H2,1-7H3;2*1H;/q-1;;;+2/p-2. The minimum absolute atomic E-state index is 0.0100. The van der Waals surface area contributed by atoms with Crippen LogP contribution in [0.15, 0.2) is 0 Å². The zero-order valence-corrected chi connectivity index (χ0v) is 24.9. The Hall–Kier alpha value is 1.43.